The molecule has 0 aliphatic rings. The molecule has 1 aromatic heterocycles. The van der Waals surface area contributed by atoms with Gasteiger partial charge in [0.25, 0.3) is 5.91 Å². The van der Waals surface area contributed by atoms with Crippen molar-refractivity contribution >= 4 is 39.8 Å². The standard InChI is InChI=1S/C12H19IN2OS/c1-4-15(5-2)7-9(3)14-12(16)10-6-11(13)17-8-10/h6,8-9H,4-5,7H2,1-3H3,(H,14,16). The molecule has 0 aliphatic heterocycles. The minimum atomic E-state index is 0.0313. The van der Waals surface area contributed by atoms with E-state index in [1.807, 2.05) is 18.4 Å². The molecular formula is C12H19IN2OS. The molecule has 0 aromatic carbocycles. The van der Waals surface area contributed by atoms with Gasteiger partial charge in [0.15, 0.2) is 0 Å². The Morgan fingerprint density at radius 1 is 1.53 bits per heavy atom. The minimum absolute atomic E-state index is 0.0313. The molecule has 0 aliphatic carbocycles. The molecule has 1 N–H and O–H groups in total. The van der Waals surface area contributed by atoms with Gasteiger partial charge < -0.3 is 10.2 Å². The molecule has 5 heteroatoms. The number of thiophene rings is 1. The number of rotatable bonds is 6. The van der Waals surface area contributed by atoms with Crippen LogP contribution in [0.4, 0.5) is 0 Å². The highest BCUT2D eigenvalue weighted by molar-refractivity contribution is 14.1. The van der Waals surface area contributed by atoms with E-state index in [-0.39, 0.29) is 11.9 Å². The van der Waals surface area contributed by atoms with E-state index in [9.17, 15) is 4.79 Å². The Kier molecular flexibility index (Phi) is 6.43. The number of nitrogens with one attached hydrogen (secondary N) is 1. The van der Waals surface area contributed by atoms with Crippen LogP contribution >= 0.6 is 33.9 Å². The van der Waals surface area contributed by atoms with Crippen LogP contribution in [0.25, 0.3) is 0 Å². The van der Waals surface area contributed by atoms with Crippen molar-refractivity contribution in [1.82, 2.24) is 10.2 Å². The first-order valence-electron chi connectivity index (χ1n) is 5.84. The van der Waals surface area contributed by atoms with E-state index in [0.717, 1.165) is 28.1 Å². The average molecular weight is 366 g/mol. The molecule has 3 nitrogen and oxygen atoms in total. The third-order valence-electron chi connectivity index (χ3n) is 2.63. The maximum absolute atomic E-state index is 11.9. The van der Waals surface area contributed by atoms with Gasteiger partial charge in [0.2, 0.25) is 0 Å². The normalized spacial score (nSPS) is 12.8. The summed E-state index contributed by atoms with van der Waals surface area (Å²) in [6.07, 6.45) is 0. The van der Waals surface area contributed by atoms with E-state index in [1.54, 1.807) is 11.3 Å². The SMILES string of the molecule is CCN(CC)CC(C)NC(=O)c1csc(I)c1. The van der Waals surface area contributed by atoms with Crippen LogP contribution in [0.5, 0.6) is 0 Å². The third-order valence-corrected chi connectivity index (χ3v) is 4.42. The molecule has 17 heavy (non-hydrogen) atoms. The van der Waals surface area contributed by atoms with E-state index in [4.69, 9.17) is 0 Å². The fourth-order valence-corrected chi connectivity index (χ4v) is 2.98. The zero-order valence-electron chi connectivity index (χ0n) is 10.5. The van der Waals surface area contributed by atoms with Gasteiger partial charge in [0.05, 0.1) is 8.45 Å². The van der Waals surface area contributed by atoms with Crippen molar-refractivity contribution in [3.05, 3.63) is 19.9 Å². The number of hydrogen-bond acceptors (Lipinski definition) is 3. The van der Waals surface area contributed by atoms with Crippen LogP contribution in [0, 0.1) is 2.88 Å². The molecule has 1 rings (SSSR count). The predicted molar refractivity (Wildman–Crippen MR) is 81.8 cm³/mol. The summed E-state index contributed by atoms with van der Waals surface area (Å²) in [5, 5.41) is 4.94. The topological polar surface area (TPSA) is 32.3 Å². The average Bonchev–Trinajstić information content (AvgIpc) is 2.72. The van der Waals surface area contributed by atoms with Crippen LogP contribution < -0.4 is 5.32 Å². The van der Waals surface area contributed by atoms with E-state index >= 15 is 0 Å². The summed E-state index contributed by atoms with van der Waals surface area (Å²) in [6.45, 7) is 9.27. The highest BCUT2D eigenvalue weighted by atomic mass is 127. The Bertz CT molecular complexity index is 363. The van der Waals surface area contributed by atoms with Crippen LogP contribution in [-0.4, -0.2) is 36.5 Å². The molecule has 1 atom stereocenters. The zero-order valence-corrected chi connectivity index (χ0v) is 13.5. The van der Waals surface area contributed by atoms with E-state index in [2.05, 4.69) is 46.7 Å². The number of hydrogen-bond donors (Lipinski definition) is 1. The highest BCUT2D eigenvalue weighted by Gasteiger charge is 2.12. The Morgan fingerprint density at radius 3 is 2.65 bits per heavy atom. The lowest BCUT2D eigenvalue weighted by molar-refractivity contribution is 0.0931. The molecular weight excluding hydrogens is 347 g/mol. The van der Waals surface area contributed by atoms with Crippen molar-refractivity contribution in [2.75, 3.05) is 19.6 Å². The van der Waals surface area contributed by atoms with Crippen LogP contribution in [0.15, 0.2) is 11.4 Å². The first-order valence-corrected chi connectivity index (χ1v) is 7.79. The van der Waals surface area contributed by atoms with Crippen molar-refractivity contribution in [3.63, 3.8) is 0 Å². The molecule has 1 amide bonds. The largest absolute Gasteiger partial charge is 0.348 e. The second-order valence-corrected chi connectivity index (χ2v) is 6.81. The van der Waals surface area contributed by atoms with Gasteiger partial charge in [-0.1, -0.05) is 13.8 Å². The van der Waals surface area contributed by atoms with Crippen LogP contribution in [0.3, 0.4) is 0 Å². The fraction of sp³-hybridized carbons (Fsp3) is 0.583. The van der Waals surface area contributed by atoms with Crippen LogP contribution in [0.1, 0.15) is 31.1 Å². The Morgan fingerprint density at radius 2 is 2.18 bits per heavy atom. The van der Waals surface area contributed by atoms with Gasteiger partial charge >= 0.3 is 0 Å². The fourth-order valence-electron chi connectivity index (χ4n) is 1.65. The number of carbonyl (C=O) groups is 1. The van der Waals surface area contributed by atoms with E-state index in [1.165, 1.54) is 0 Å². The van der Waals surface area contributed by atoms with Gasteiger partial charge in [-0.05, 0) is 48.7 Å². The molecule has 0 fully saturated rings. The van der Waals surface area contributed by atoms with E-state index < -0.39 is 0 Å². The minimum Gasteiger partial charge on any atom is -0.348 e. The first-order chi connectivity index (χ1) is 8.06. The summed E-state index contributed by atoms with van der Waals surface area (Å²) in [7, 11) is 0. The van der Waals surface area contributed by atoms with Gasteiger partial charge in [-0.15, -0.1) is 11.3 Å². The monoisotopic (exact) mass is 366 g/mol. The highest BCUT2D eigenvalue weighted by Crippen LogP contribution is 2.16. The van der Waals surface area contributed by atoms with Crippen molar-refractivity contribution in [2.45, 2.75) is 26.8 Å². The summed E-state index contributed by atoms with van der Waals surface area (Å²) in [4.78, 5) is 14.2. The third kappa shape index (κ3) is 4.93. The Balaban J connectivity index is 2.45. The van der Waals surface area contributed by atoms with Crippen molar-refractivity contribution in [3.8, 4) is 0 Å². The molecule has 1 aromatic rings. The van der Waals surface area contributed by atoms with Gasteiger partial charge in [-0.25, -0.2) is 0 Å². The number of likely N-dealkylation sites (N-methyl/N-ethyl adjacent to an activating group) is 1. The second kappa shape index (κ2) is 7.33. The van der Waals surface area contributed by atoms with Crippen molar-refractivity contribution in [2.24, 2.45) is 0 Å². The van der Waals surface area contributed by atoms with Gasteiger partial charge in [0.1, 0.15) is 0 Å². The lowest BCUT2D eigenvalue weighted by Gasteiger charge is -2.23. The predicted octanol–water partition coefficient (Wildman–Crippen LogP) is 2.81. The summed E-state index contributed by atoms with van der Waals surface area (Å²) >= 11 is 3.83. The summed E-state index contributed by atoms with van der Waals surface area (Å²) in [5.74, 6) is 0.0313. The first kappa shape index (κ1) is 14.9. The number of nitrogens with zero attached hydrogens (tertiary/aromatic N) is 1. The molecule has 96 valence electrons. The summed E-state index contributed by atoms with van der Waals surface area (Å²) in [6, 6.07) is 2.10. The van der Waals surface area contributed by atoms with Crippen molar-refractivity contribution in [1.29, 1.82) is 0 Å². The van der Waals surface area contributed by atoms with Crippen molar-refractivity contribution < 1.29 is 4.79 Å². The Labute approximate surface area is 121 Å². The molecule has 0 bridgehead atoms. The molecule has 0 saturated carbocycles. The second-order valence-electron chi connectivity index (χ2n) is 4.00. The van der Waals surface area contributed by atoms with E-state index in [0.29, 0.717) is 0 Å². The molecule has 0 radical (unpaired) electrons. The van der Waals surface area contributed by atoms with Crippen LogP contribution in [0.2, 0.25) is 0 Å². The molecule has 0 saturated heterocycles. The van der Waals surface area contributed by atoms with Gasteiger partial charge in [-0.2, -0.15) is 0 Å². The van der Waals surface area contributed by atoms with Crippen LogP contribution in [-0.2, 0) is 0 Å². The summed E-state index contributed by atoms with van der Waals surface area (Å²) in [5.41, 5.74) is 0.769. The lowest BCUT2D eigenvalue weighted by Crippen LogP contribution is -2.41. The lowest BCUT2D eigenvalue weighted by atomic mass is 10.2. The molecule has 1 heterocycles. The number of amides is 1. The molecule has 1 unspecified atom stereocenters. The van der Waals surface area contributed by atoms with Gasteiger partial charge in [0, 0.05) is 18.0 Å². The summed E-state index contributed by atoms with van der Waals surface area (Å²) < 4.78 is 1.14. The number of halogens is 1. The smallest absolute Gasteiger partial charge is 0.252 e. The maximum atomic E-state index is 11.9. The Hall–Kier alpha value is -0.140. The molecule has 0 spiro atoms. The zero-order chi connectivity index (χ0) is 12.8. The maximum Gasteiger partial charge on any atom is 0.252 e. The number of carbonyl (C=O) groups excluding carboxylic acids is 1. The van der Waals surface area contributed by atoms with Gasteiger partial charge in [-0.3, -0.25) is 4.79 Å². The quantitative estimate of drug-likeness (QED) is 0.786.